The summed E-state index contributed by atoms with van der Waals surface area (Å²) in [6, 6.07) is 6.37. The molecular weight excluding hydrogens is 279 g/mol. The van der Waals surface area contributed by atoms with Crippen LogP contribution in [0.15, 0.2) is 18.2 Å². The highest BCUT2D eigenvalue weighted by Crippen LogP contribution is 2.30. The molecule has 0 aliphatic carbocycles. The lowest BCUT2D eigenvalue weighted by Gasteiger charge is -2.37. The molecule has 1 aromatic rings. The van der Waals surface area contributed by atoms with Crippen molar-refractivity contribution in [1.82, 2.24) is 10.2 Å². The van der Waals surface area contributed by atoms with Crippen LogP contribution in [0.1, 0.15) is 31.4 Å². The zero-order chi connectivity index (χ0) is 13.8. The fraction of sp³-hybridized carbons (Fsp3) is 0.600. The molecule has 1 N–H and O–H groups in total. The van der Waals surface area contributed by atoms with Gasteiger partial charge in [-0.05, 0) is 63.5 Å². The number of rotatable bonds is 4. The van der Waals surface area contributed by atoms with Gasteiger partial charge >= 0.3 is 0 Å². The largest absolute Gasteiger partial charge is 0.319 e. The van der Waals surface area contributed by atoms with Crippen LogP contribution in [-0.2, 0) is 0 Å². The van der Waals surface area contributed by atoms with E-state index in [1.807, 2.05) is 19.2 Å². The number of hydrogen-bond donors (Lipinski definition) is 1. The van der Waals surface area contributed by atoms with Gasteiger partial charge in [0.2, 0.25) is 0 Å². The number of benzene rings is 1. The van der Waals surface area contributed by atoms with E-state index < -0.39 is 0 Å². The standard InChI is InChI=1S/C15H22Cl2N2/c1-11(13-5-6-14(16)15(17)8-13)19-7-3-4-12(10-19)9-18-2/h5-6,8,11-12,18H,3-4,7,9-10H2,1-2H3. The highest BCUT2D eigenvalue weighted by atomic mass is 35.5. The fourth-order valence-electron chi connectivity index (χ4n) is 2.89. The zero-order valence-corrected chi connectivity index (χ0v) is 13.1. The number of hydrogen-bond acceptors (Lipinski definition) is 2. The van der Waals surface area contributed by atoms with Crippen molar-refractivity contribution in [3.05, 3.63) is 33.8 Å². The molecule has 2 unspecified atom stereocenters. The van der Waals surface area contributed by atoms with Gasteiger partial charge in [0.25, 0.3) is 0 Å². The lowest BCUT2D eigenvalue weighted by molar-refractivity contribution is 0.131. The predicted octanol–water partition coefficient (Wildman–Crippen LogP) is 3.99. The molecule has 4 heteroatoms. The van der Waals surface area contributed by atoms with Crippen molar-refractivity contribution < 1.29 is 0 Å². The smallest absolute Gasteiger partial charge is 0.0595 e. The second-order valence-electron chi connectivity index (χ2n) is 5.41. The minimum absolute atomic E-state index is 0.398. The Balaban J connectivity index is 2.05. The normalized spacial score (nSPS) is 22.4. The minimum atomic E-state index is 0.398. The molecule has 0 amide bonds. The van der Waals surface area contributed by atoms with Crippen LogP contribution in [0.25, 0.3) is 0 Å². The first-order chi connectivity index (χ1) is 9.11. The molecule has 1 saturated heterocycles. The van der Waals surface area contributed by atoms with Gasteiger partial charge in [0.15, 0.2) is 0 Å². The molecule has 1 aromatic carbocycles. The first-order valence-corrected chi connectivity index (χ1v) is 7.71. The number of nitrogens with one attached hydrogen (secondary N) is 1. The Kier molecular flexibility index (Phi) is 5.52. The van der Waals surface area contributed by atoms with Crippen molar-refractivity contribution in [2.45, 2.75) is 25.8 Å². The highest BCUT2D eigenvalue weighted by Gasteiger charge is 2.24. The van der Waals surface area contributed by atoms with Crippen molar-refractivity contribution >= 4 is 23.2 Å². The van der Waals surface area contributed by atoms with E-state index in [1.165, 1.54) is 24.9 Å². The maximum absolute atomic E-state index is 6.11. The molecule has 1 fully saturated rings. The van der Waals surface area contributed by atoms with E-state index >= 15 is 0 Å². The van der Waals surface area contributed by atoms with Crippen LogP contribution in [0.4, 0.5) is 0 Å². The van der Waals surface area contributed by atoms with Gasteiger partial charge in [-0.2, -0.15) is 0 Å². The van der Waals surface area contributed by atoms with Gasteiger partial charge < -0.3 is 5.32 Å². The van der Waals surface area contributed by atoms with Gasteiger partial charge in [0.05, 0.1) is 10.0 Å². The van der Waals surface area contributed by atoms with Crippen molar-refractivity contribution in [3.8, 4) is 0 Å². The summed E-state index contributed by atoms with van der Waals surface area (Å²) in [5.74, 6) is 0.754. The number of likely N-dealkylation sites (tertiary alicyclic amines) is 1. The summed E-state index contributed by atoms with van der Waals surface area (Å²) in [5.41, 5.74) is 1.25. The van der Waals surface area contributed by atoms with Crippen molar-refractivity contribution in [3.63, 3.8) is 0 Å². The van der Waals surface area contributed by atoms with Crippen molar-refractivity contribution in [2.24, 2.45) is 5.92 Å². The maximum Gasteiger partial charge on any atom is 0.0595 e. The molecule has 2 rings (SSSR count). The Morgan fingerprint density at radius 2 is 2.16 bits per heavy atom. The molecule has 0 spiro atoms. The van der Waals surface area contributed by atoms with Gasteiger partial charge in [-0.25, -0.2) is 0 Å². The van der Waals surface area contributed by atoms with Crippen molar-refractivity contribution in [1.29, 1.82) is 0 Å². The van der Waals surface area contributed by atoms with Gasteiger partial charge in [-0.15, -0.1) is 0 Å². The van der Waals surface area contributed by atoms with E-state index in [0.717, 1.165) is 19.0 Å². The Bertz CT molecular complexity index is 421. The molecule has 106 valence electrons. The van der Waals surface area contributed by atoms with E-state index in [-0.39, 0.29) is 0 Å². The molecule has 1 heterocycles. The Hall–Kier alpha value is -0.280. The van der Waals surface area contributed by atoms with E-state index in [4.69, 9.17) is 23.2 Å². The SMILES string of the molecule is CNCC1CCCN(C(C)c2ccc(Cl)c(Cl)c2)C1. The molecule has 0 saturated carbocycles. The van der Waals surface area contributed by atoms with E-state index in [1.54, 1.807) is 0 Å². The van der Waals surface area contributed by atoms with Crippen LogP contribution < -0.4 is 5.32 Å². The molecule has 2 nitrogen and oxygen atoms in total. The Labute approximate surface area is 126 Å². The lowest BCUT2D eigenvalue weighted by Crippen LogP contribution is -2.40. The quantitative estimate of drug-likeness (QED) is 0.904. The number of halogens is 2. The average Bonchev–Trinajstić information content (AvgIpc) is 2.42. The van der Waals surface area contributed by atoms with E-state index in [0.29, 0.717) is 16.1 Å². The van der Waals surface area contributed by atoms with Crippen LogP contribution in [0.5, 0.6) is 0 Å². The summed E-state index contributed by atoms with van der Waals surface area (Å²) in [5, 5.41) is 4.56. The van der Waals surface area contributed by atoms with Crippen LogP contribution >= 0.6 is 23.2 Å². The third-order valence-electron chi connectivity index (χ3n) is 4.02. The summed E-state index contributed by atoms with van der Waals surface area (Å²) < 4.78 is 0. The Morgan fingerprint density at radius 3 is 2.84 bits per heavy atom. The predicted molar refractivity (Wildman–Crippen MR) is 83.1 cm³/mol. The third kappa shape index (κ3) is 3.85. The fourth-order valence-corrected chi connectivity index (χ4v) is 3.19. The van der Waals surface area contributed by atoms with Crippen LogP contribution in [0, 0.1) is 5.92 Å². The number of piperidine rings is 1. The summed E-state index contributed by atoms with van der Waals surface area (Å²) >= 11 is 12.1. The highest BCUT2D eigenvalue weighted by molar-refractivity contribution is 6.42. The topological polar surface area (TPSA) is 15.3 Å². The average molecular weight is 301 g/mol. The summed E-state index contributed by atoms with van der Waals surface area (Å²) in [6.45, 7) is 5.68. The molecular formula is C15H22Cl2N2. The van der Waals surface area contributed by atoms with Crippen LogP contribution in [0.3, 0.4) is 0 Å². The number of nitrogens with zero attached hydrogens (tertiary/aromatic N) is 1. The lowest BCUT2D eigenvalue weighted by atomic mass is 9.95. The maximum atomic E-state index is 6.11. The van der Waals surface area contributed by atoms with Gasteiger partial charge in [0.1, 0.15) is 0 Å². The summed E-state index contributed by atoms with van der Waals surface area (Å²) in [6.07, 6.45) is 2.60. The zero-order valence-electron chi connectivity index (χ0n) is 11.6. The second-order valence-corrected chi connectivity index (χ2v) is 6.22. The Morgan fingerprint density at radius 1 is 1.37 bits per heavy atom. The van der Waals surface area contributed by atoms with Gasteiger partial charge in [-0.3, -0.25) is 4.90 Å². The first kappa shape index (κ1) is 15.1. The minimum Gasteiger partial charge on any atom is -0.319 e. The molecule has 19 heavy (non-hydrogen) atoms. The van der Waals surface area contributed by atoms with Gasteiger partial charge in [0, 0.05) is 12.6 Å². The van der Waals surface area contributed by atoms with Crippen LogP contribution in [-0.4, -0.2) is 31.6 Å². The monoisotopic (exact) mass is 300 g/mol. The second kappa shape index (κ2) is 6.94. The van der Waals surface area contributed by atoms with Gasteiger partial charge in [-0.1, -0.05) is 29.3 Å². The molecule has 2 atom stereocenters. The van der Waals surface area contributed by atoms with Crippen LogP contribution in [0.2, 0.25) is 10.0 Å². The summed E-state index contributed by atoms with van der Waals surface area (Å²) in [4.78, 5) is 2.55. The summed E-state index contributed by atoms with van der Waals surface area (Å²) in [7, 11) is 2.03. The third-order valence-corrected chi connectivity index (χ3v) is 4.76. The first-order valence-electron chi connectivity index (χ1n) is 6.95. The van der Waals surface area contributed by atoms with E-state index in [9.17, 15) is 0 Å². The molecule has 1 aliphatic heterocycles. The molecule has 0 bridgehead atoms. The molecule has 0 aromatic heterocycles. The molecule has 1 aliphatic rings. The molecule has 0 radical (unpaired) electrons. The van der Waals surface area contributed by atoms with Crippen molar-refractivity contribution in [2.75, 3.05) is 26.7 Å². The van der Waals surface area contributed by atoms with E-state index in [2.05, 4.69) is 23.2 Å².